The molecule has 1 rings (SSSR count). The molecule has 6 heteroatoms. The standard InChI is InChI=1S/C12H18N2O4/c1-18-12-7-10(6-11(8-12)14(16)17)9-13-4-2-3-5-15/h6-8,13,15H,2-5,9H2,1H3. The van der Waals surface area contributed by atoms with Gasteiger partial charge in [0.15, 0.2) is 0 Å². The van der Waals surface area contributed by atoms with Crippen LogP contribution in [0.25, 0.3) is 0 Å². The average Bonchev–Trinajstić information content (AvgIpc) is 2.38. The van der Waals surface area contributed by atoms with E-state index in [0.717, 1.165) is 24.9 Å². The van der Waals surface area contributed by atoms with Crippen molar-refractivity contribution < 1.29 is 14.8 Å². The topological polar surface area (TPSA) is 84.6 Å². The van der Waals surface area contributed by atoms with E-state index in [-0.39, 0.29) is 12.3 Å². The molecule has 0 aromatic heterocycles. The lowest BCUT2D eigenvalue weighted by Gasteiger charge is -2.06. The van der Waals surface area contributed by atoms with Crippen LogP contribution in [0.1, 0.15) is 18.4 Å². The van der Waals surface area contributed by atoms with Crippen LogP contribution in [0.2, 0.25) is 0 Å². The number of methoxy groups -OCH3 is 1. The molecule has 0 saturated heterocycles. The molecule has 0 aliphatic heterocycles. The van der Waals surface area contributed by atoms with Crippen LogP contribution in [0.3, 0.4) is 0 Å². The van der Waals surface area contributed by atoms with Gasteiger partial charge in [0.05, 0.1) is 18.1 Å². The lowest BCUT2D eigenvalue weighted by atomic mass is 10.2. The smallest absolute Gasteiger partial charge is 0.273 e. The zero-order valence-corrected chi connectivity index (χ0v) is 10.4. The lowest BCUT2D eigenvalue weighted by Crippen LogP contribution is -2.15. The van der Waals surface area contributed by atoms with Gasteiger partial charge in [0, 0.05) is 19.2 Å². The number of nitro groups is 1. The number of nitro benzene ring substituents is 1. The van der Waals surface area contributed by atoms with Crippen molar-refractivity contribution >= 4 is 5.69 Å². The van der Waals surface area contributed by atoms with E-state index in [1.54, 1.807) is 6.07 Å². The van der Waals surface area contributed by atoms with E-state index in [1.165, 1.54) is 19.2 Å². The number of rotatable bonds is 8. The molecule has 0 aliphatic rings. The first kappa shape index (κ1) is 14.4. The van der Waals surface area contributed by atoms with Crippen LogP contribution in [0.15, 0.2) is 18.2 Å². The highest BCUT2D eigenvalue weighted by atomic mass is 16.6. The van der Waals surface area contributed by atoms with Crippen molar-refractivity contribution in [2.24, 2.45) is 0 Å². The molecule has 6 nitrogen and oxygen atoms in total. The van der Waals surface area contributed by atoms with Crippen LogP contribution in [-0.4, -0.2) is 30.3 Å². The number of hydrogen-bond acceptors (Lipinski definition) is 5. The quantitative estimate of drug-likeness (QED) is 0.417. The normalized spacial score (nSPS) is 10.3. The third kappa shape index (κ3) is 4.68. The summed E-state index contributed by atoms with van der Waals surface area (Å²) in [6.45, 7) is 1.50. The summed E-state index contributed by atoms with van der Waals surface area (Å²) in [5.74, 6) is 0.483. The second kappa shape index (κ2) is 7.62. The predicted molar refractivity (Wildman–Crippen MR) is 67.7 cm³/mol. The van der Waals surface area contributed by atoms with E-state index < -0.39 is 4.92 Å². The van der Waals surface area contributed by atoms with Crippen molar-refractivity contribution in [1.82, 2.24) is 5.32 Å². The Hall–Kier alpha value is -1.66. The van der Waals surface area contributed by atoms with Crippen molar-refractivity contribution in [3.05, 3.63) is 33.9 Å². The Labute approximate surface area is 106 Å². The fourth-order valence-electron chi connectivity index (χ4n) is 1.56. The summed E-state index contributed by atoms with van der Waals surface area (Å²) in [4.78, 5) is 10.3. The molecule has 2 N–H and O–H groups in total. The first-order chi connectivity index (χ1) is 8.67. The highest BCUT2D eigenvalue weighted by Gasteiger charge is 2.09. The van der Waals surface area contributed by atoms with Gasteiger partial charge in [-0.3, -0.25) is 10.1 Å². The summed E-state index contributed by atoms with van der Waals surface area (Å²) in [7, 11) is 1.48. The Morgan fingerprint density at radius 3 is 2.78 bits per heavy atom. The molecule has 1 aromatic rings. The van der Waals surface area contributed by atoms with Gasteiger partial charge >= 0.3 is 0 Å². The fourth-order valence-corrected chi connectivity index (χ4v) is 1.56. The summed E-state index contributed by atoms with van der Waals surface area (Å²) >= 11 is 0. The van der Waals surface area contributed by atoms with Gasteiger partial charge in [-0.25, -0.2) is 0 Å². The van der Waals surface area contributed by atoms with E-state index in [0.29, 0.717) is 12.3 Å². The number of hydrogen-bond donors (Lipinski definition) is 2. The SMILES string of the molecule is COc1cc(CNCCCCO)cc([N+](=O)[O-])c1. The molecular weight excluding hydrogens is 236 g/mol. The van der Waals surface area contributed by atoms with Crippen molar-refractivity contribution in [2.75, 3.05) is 20.3 Å². The molecule has 18 heavy (non-hydrogen) atoms. The number of ether oxygens (including phenoxy) is 1. The average molecular weight is 254 g/mol. The minimum absolute atomic E-state index is 0.0292. The zero-order valence-electron chi connectivity index (χ0n) is 10.4. The highest BCUT2D eigenvalue weighted by Crippen LogP contribution is 2.22. The maximum absolute atomic E-state index is 10.7. The van der Waals surface area contributed by atoms with E-state index >= 15 is 0 Å². The second-order valence-corrected chi connectivity index (χ2v) is 3.90. The first-order valence-corrected chi connectivity index (χ1v) is 5.81. The Bertz CT molecular complexity index is 396. The van der Waals surface area contributed by atoms with Gasteiger partial charge in [0.25, 0.3) is 5.69 Å². The zero-order chi connectivity index (χ0) is 13.4. The van der Waals surface area contributed by atoms with Crippen molar-refractivity contribution in [1.29, 1.82) is 0 Å². The lowest BCUT2D eigenvalue weighted by molar-refractivity contribution is -0.385. The van der Waals surface area contributed by atoms with Gasteiger partial charge in [-0.1, -0.05) is 0 Å². The van der Waals surface area contributed by atoms with Crippen molar-refractivity contribution in [2.45, 2.75) is 19.4 Å². The molecule has 0 unspecified atom stereocenters. The Morgan fingerprint density at radius 1 is 1.39 bits per heavy atom. The molecule has 0 spiro atoms. The minimum Gasteiger partial charge on any atom is -0.496 e. The van der Waals surface area contributed by atoms with Gasteiger partial charge in [-0.15, -0.1) is 0 Å². The number of benzene rings is 1. The molecule has 1 aromatic carbocycles. The van der Waals surface area contributed by atoms with Gasteiger partial charge in [0.1, 0.15) is 5.75 Å². The molecule has 0 fully saturated rings. The maximum Gasteiger partial charge on any atom is 0.273 e. The Balaban J connectivity index is 2.58. The number of nitrogens with zero attached hydrogens (tertiary/aromatic N) is 1. The van der Waals surface area contributed by atoms with Crippen LogP contribution in [-0.2, 0) is 6.54 Å². The molecule has 0 heterocycles. The molecule has 0 aliphatic carbocycles. The molecular formula is C12H18N2O4. The first-order valence-electron chi connectivity index (χ1n) is 5.81. The number of non-ortho nitro benzene ring substituents is 1. The van der Waals surface area contributed by atoms with Gasteiger partial charge in [-0.05, 0) is 31.0 Å². The third-order valence-corrected chi connectivity index (χ3v) is 2.49. The summed E-state index contributed by atoms with van der Waals surface area (Å²) in [6.07, 6.45) is 1.63. The summed E-state index contributed by atoms with van der Waals surface area (Å²) in [5, 5.41) is 22.5. The summed E-state index contributed by atoms with van der Waals surface area (Å²) in [5.41, 5.74) is 0.839. The Morgan fingerprint density at radius 2 is 2.17 bits per heavy atom. The maximum atomic E-state index is 10.7. The second-order valence-electron chi connectivity index (χ2n) is 3.90. The van der Waals surface area contributed by atoms with Crippen molar-refractivity contribution in [3.8, 4) is 5.75 Å². The van der Waals surface area contributed by atoms with Crippen LogP contribution in [0.5, 0.6) is 5.75 Å². The predicted octanol–water partition coefficient (Wildman–Crippen LogP) is 1.47. The molecule has 0 atom stereocenters. The van der Waals surface area contributed by atoms with E-state index in [2.05, 4.69) is 5.32 Å². The number of nitrogens with one attached hydrogen (secondary N) is 1. The van der Waals surface area contributed by atoms with Gasteiger partial charge < -0.3 is 15.2 Å². The molecule has 0 amide bonds. The molecule has 0 radical (unpaired) electrons. The largest absolute Gasteiger partial charge is 0.496 e. The third-order valence-electron chi connectivity index (χ3n) is 2.49. The van der Waals surface area contributed by atoms with Crippen LogP contribution >= 0.6 is 0 Å². The van der Waals surface area contributed by atoms with Crippen LogP contribution in [0, 0.1) is 10.1 Å². The summed E-state index contributed by atoms with van der Waals surface area (Å²) < 4.78 is 5.03. The van der Waals surface area contributed by atoms with Gasteiger partial charge in [0.2, 0.25) is 0 Å². The minimum atomic E-state index is -0.433. The van der Waals surface area contributed by atoms with Gasteiger partial charge in [-0.2, -0.15) is 0 Å². The van der Waals surface area contributed by atoms with E-state index in [9.17, 15) is 10.1 Å². The van der Waals surface area contributed by atoms with E-state index in [4.69, 9.17) is 9.84 Å². The van der Waals surface area contributed by atoms with Crippen LogP contribution < -0.4 is 10.1 Å². The van der Waals surface area contributed by atoms with Crippen LogP contribution in [0.4, 0.5) is 5.69 Å². The number of aliphatic hydroxyl groups is 1. The number of unbranched alkanes of at least 4 members (excludes halogenated alkanes) is 1. The molecule has 0 saturated carbocycles. The highest BCUT2D eigenvalue weighted by molar-refractivity contribution is 5.42. The number of aliphatic hydroxyl groups excluding tert-OH is 1. The Kier molecular flexibility index (Phi) is 6.10. The fraction of sp³-hybridized carbons (Fsp3) is 0.500. The van der Waals surface area contributed by atoms with E-state index in [1.807, 2.05) is 0 Å². The molecule has 0 bridgehead atoms. The van der Waals surface area contributed by atoms with Crippen molar-refractivity contribution in [3.63, 3.8) is 0 Å². The summed E-state index contributed by atoms with van der Waals surface area (Å²) in [6, 6.07) is 4.70. The molecule has 100 valence electrons. The monoisotopic (exact) mass is 254 g/mol.